The lowest BCUT2D eigenvalue weighted by atomic mass is 10.0. The summed E-state index contributed by atoms with van der Waals surface area (Å²) in [5.41, 5.74) is 1.63. The van der Waals surface area contributed by atoms with Gasteiger partial charge in [-0.3, -0.25) is 9.59 Å². The van der Waals surface area contributed by atoms with Gasteiger partial charge < -0.3 is 9.80 Å². The van der Waals surface area contributed by atoms with E-state index in [1.165, 1.54) is 0 Å². The van der Waals surface area contributed by atoms with E-state index >= 15 is 0 Å². The fraction of sp³-hybridized carbons (Fsp3) is 0.556. The number of rotatable bonds is 5. The smallest absolute Gasteiger partial charge is 0.255 e. The Kier molecular flexibility index (Phi) is 5.34. The summed E-state index contributed by atoms with van der Waals surface area (Å²) in [6, 6.07) is 6.85. The van der Waals surface area contributed by atoms with Gasteiger partial charge >= 0.3 is 0 Å². The van der Waals surface area contributed by atoms with Crippen molar-refractivity contribution in [2.45, 2.75) is 44.8 Å². The predicted molar refractivity (Wildman–Crippen MR) is 98.0 cm³/mol. The van der Waals surface area contributed by atoms with E-state index in [-0.39, 0.29) is 17.9 Å². The molecule has 26 heavy (non-hydrogen) atoms. The lowest BCUT2D eigenvalue weighted by Gasteiger charge is -2.36. The average Bonchev–Trinajstić information content (AvgIpc) is 2.92. The number of likely N-dealkylation sites (tertiary alicyclic amines) is 1. The van der Waals surface area contributed by atoms with E-state index in [0.29, 0.717) is 44.5 Å². The second kappa shape index (κ2) is 7.36. The Hall–Kier alpha value is -1.93. The fourth-order valence-electron chi connectivity index (χ4n) is 3.79. The Morgan fingerprint density at radius 2 is 1.92 bits per heavy atom. The minimum absolute atomic E-state index is 0.0496. The van der Waals surface area contributed by atoms with Crippen molar-refractivity contribution < 1.29 is 18.0 Å². The quantitative estimate of drug-likeness (QED) is 0.826. The number of carbonyl (C=O) groups is 2. The maximum atomic E-state index is 13.0. The van der Waals surface area contributed by atoms with Gasteiger partial charge in [0.15, 0.2) is 0 Å². The number of piperidine rings is 1. The molecule has 0 aromatic heterocycles. The number of amides is 2. The van der Waals surface area contributed by atoms with Crippen LogP contribution in [0.1, 0.15) is 42.1 Å². The highest BCUT2D eigenvalue weighted by atomic mass is 32.2. The largest absolute Gasteiger partial charge is 0.341 e. The van der Waals surface area contributed by atoms with Gasteiger partial charge in [-0.05, 0) is 30.9 Å². The van der Waals surface area contributed by atoms with Crippen LogP contribution in [0.2, 0.25) is 0 Å². The monoisotopic (exact) mass is 379 g/mol. The molecule has 7 nitrogen and oxygen atoms in total. The van der Waals surface area contributed by atoms with E-state index in [0.717, 1.165) is 11.8 Å². The molecule has 0 spiro atoms. The summed E-state index contributed by atoms with van der Waals surface area (Å²) in [4.78, 5) is 29.1. The first-order chi connectivity index (χ1) is 12.3. The Morgan fingerprint density at radius 3 is 2.50 bits per heavy atom. The summed E-state index contributed by atoms with van der Waals surface area (Å²) in [5, 5.41) is 0. The average molecular weight is 379 g/mol. The zero-order valence-corrected chi connectivity index (χ0v) is 16.0. The normalized spacial score (nSPS) is 19.5. The van der Waals surface area contributed by atoms with Crippen molar-refractivity contribution in [1.29, 1.82) is 0 Å². The lowest BCUT2D eigenvalue weighted by molar-refractivity contribution is -0.137. The summed E-state index contributed by atoms with van der Waals surface area (Å²) >= 11 is 0. The molecule has 2 heterocycles. The fourth-order valence-corrected chi connectivity index (χ4v) is 4.63. The van der Waals surface area contributed by atoms with E-state index in [4.69, 9.17) is 0 Å². The first-order valence-corrected chi connectivity index (χ1v) is 10.8. The Labute approximate surface area is 154 Å². The van der Waals surface area contributed by atoms with Gasteiger partial charge in [0.05, 0.1) is 6.26 Å². The predicted octanol–water partition coefficient (Wildman–Crippen LogP) is 0.961. The highest BCUT2D eigenvalue weighted by Gasteiger charge is 2.37. The number of hydrogen-bond donors (Lipinski definition) is 1. The number of sulfonamides is 1. The van der Waals surface area contributed by atoms with Gasteiger partial charge in [-0.2, -0.15) is 0 Å². The highest BCUT2D eigenvalue weighted by Crippen LogP contribution is 2.26. The summed E-state index contributed by atoms with van der Waals surface area (Å²) in [5.74, 6) is -0.138. The molecule has 1 atom stereocenters. The topological polar surface area (TPSA) is 86.8 Å². The third-order valence-corrected chi connectivity index (χ3v) is 5.85. The second-order valence-corrected chi connectivity index (χ2v) is 8.78. The molecular weight excluding hydrogens is 354 g/mol. The molecular formula is C18H25N3O4S. The van der Waals surface area contributed by atoms with E-state index in [9.17, 15) is 18.0 Å². The number of hydrogen-bond acceptors (Lipinski definition) is 4. The molecule has 1 N–H and O–H groups in total. The Morgan fingerprint density at radius 1 is 1.27 bits per heavy atom. The van der Waals surface area contributed by atoms with E-state index in [1.807, 2.05) is 25.1 Å². The molecule has 0 unspecified atom stereocenters. The van der Waals surface area contributed by atoms with Crippen molar-refractivity contribution >= 4 is 21.8 Å². The zero-order valence-electron chi connectivity index (χ0n) is 15.1. The number of benzene rings is 1. The second-order valence-electron chi connectivity index (χ2n) is 7.00. The SMILES string of the molecule is CC[C@H](C(=O)N1CCC(NS(C)(=O)=O)CC1)N1Cc2ccccc2C1=O. The van der Waals surface area contributed by atoms with Gasteiger partial charge in [0.2, 0.25) is 15.9 Å². The van der Waals surface area contributed by atoms with Crippen molar-refractivity contribution in [3.63, 3.8) is 0 Å². The molecule has 0 saturated carbocycles. The molecule has 2 aliphatic rings. The molecule has 8 heteroatoms. The van der Waals surface area contributed by atoms with Crippen LogP contribution in [0.3, 0.4) is 0 Å². The maximum absolute atomic E-state index is 13.0. The zero-order chi connectivity index (χ0) is 18.9. The van der Waals surface area contributed by atoms with Crippen molar-refractivity contribution in [3.05, 3.63) is 35.4 Å². The van der Waals surface area contributed by atoms with Crippen molar-refractivity contribution in [2.75, 3.05) is 19.3 Å². The van der Waals surface area contributed by atoms with Crippen LogP contribution in [0.25, 0.3) is 0 Å². The van der Waals surface area contributed by atoms with Gasteiger partial charge in [0.1, 0.15) is 6.04 Å². The van der Waals surface area contributed by atoms with E-state index in [1.54, 1.807) is 15.9 Å². The third kappa shape index (κ3) is 3.91. The van der Waals surface area contributed by atoms with Crippen LogP contribution in [-0.2, 0) is 21.4 Å². The summed E-state index contributed by atoms with van der Waals surface area (Å²) < 4.78 is 25.3. The lowest BCUT2D eigenvalue weighted by Crippen LogP contribution is -2.53. The molecule has 2 amide bonds. The van der Waals surface area contributed by atoms with Crippen LogP contribution in [-0.4, -0.2) is 61.5 Å². The van der Waals surface area contributed by atoms with E-state index < -0.39 is 16.1 Å². The summed E-state index contributed by atoms with van der Waals surface area (Å²) in [7, 11) is -3.24. The number of nitrogens with zero attached hydrogens (tertiary/aromatic N) is 2. The van der Waals surface area contributed by atoms with Gasteiger partial charge in [0, 0.05) is 31.2 Å². The van der Waals surface area contributed by atoms with Crippen LogP contribution in [0.5, 0.6) is 0 Å². The van der Waals surface area contributed by atoms with E-state index in [2.05, 4.69) is 4.72 Å². The van der Waals surface area contributed by atoms with Crippen LogP contribution >= 0.6 is 0 Å². The summed E-state index contributed by atoms with van der Waals surface area (Å²) in [6.07, 6.45) is 2.88. The number of fused-ring (bicyclic) bond motifs is 1. The van der Waals surface area contributed by atoms with Crippen molar-refractivity contribution in [1.82, 2.24) is 14.5 Å². The molecule has 1 aromatic rings. The molecule has 3 rings (SSSR count). The molecule has 142 valence electrons. The van der Waals surface area contributed by atoms with Gasteiger partial charge in [-0.15, -0.1) is 0 Å². The minimum atomic E-state index is -3.24. The van der Waals surface area contributed by atoms with Crippen LogP contribution in [0, 0.1) is 0 Å². The van der Waals surface area contributed by atoms with Crippen LogP contribution in [0.4, 0.5) is 0 Å². The molecule has 1 fully saturated rings. The molecule has 2 aliphatic heterocycles. The third-order valence-electron chi connectivity index (χ3n) is 5.08. The van der Waals surface area contributed by atoms with Gasteiger partial charge in [-0.25, -0.2) is 13.1 Å². The standard InChI is InChI=1S/C18H25N3O4S/c1-3-16(21-12-13-6-4-5-7-15(13)17(21)22)18(23)20-10-8-14(9-11-20)19-26(2,24)25/h4-7,14,16,19H,3,8-12H2,1-2H3/t16-/m1/s1. The Bertz CT molecular complexity index is 800. The number of nitrogens with one attached hydrogen (secondary N) is 1. The molecule has 0 bridgehead atoms. The Balaban J connectivity index is 1.65. The van der Waals surface area contributed by atoms with Crippen molar-refractivity contribution in [2.24, 2.45) is 0 Å². The molecule has 1 saturated heterocycles. The van der Waals surface area contributed by atoms with Gasteiger partial charge in [-0.1, -0.05) is 25.1 Å². The molecule has 0 aliphatic carbocycles. The molecule has 0 radical (unpaired) electrons. The highest BCUT2D eigenvalue weighted by molar-refractivity contribution is 7.88. The maximum Gasteiger partial charge on any atom is 0.255 e. The van der Waals surface area contributed by atoms with Crippen LogP contribution in [0.15, 0.2) is 24.3 Å². The number of carbonyl (C=O) groups excluding carboxylic acids is 2. The van der Waals surface area contributed by atoms with Crippen LogP contribution < -0.4 is 4.72 Å². The molecule has 1 aromatic carbocycles. The van der Waals surface area contributed by atoms with Crippen molar-refractivity contribution in [3.8, 4) is 0 Å². The minimum Gasteiger partial charge on any atom is -0.341 e. The first-order valence-electron chi connectivity index (χ1n) is 8.95. The first kappa shape index (κ1) is 18.8. The summed E-state index contributed by atoms with van der Waals surface area (Å²) in [6.45, 7) is 3.37. The van der Waals surface area contributed by atoms with Gasteiger partial charge in [0.25, 0.3) is 5.91 Å².